The molecule has 1 aromatic rings. The van der Waals surface area contributed by atoms with Crippen LogP contribution in [0.2, 0.25) is 0 Å². The summed E-state index contributed by atoms with van der Waals surface area (Å²) in [6.45, 7) is 7.80. The molecule has 106 valence electrons. The molecule has 2 nitrogen and oxygen atoms in total. The first-order valence-electron chi connectivity index (χ1n) is 7.67. The molecule has 2 atom stereocenters. The molecule has 2 unspecified atom stereocenters. The van der Waals surface area contributed by atoms with Crippen molar-refractivity contribution in [3.8, 4) is 0 Å². The highest BCUT2D eigenvalue weighted by atomic mass is 15.2. The van der Waals surface area contributed by atoms with E-state index in [1.165, 1.54) is 37.9 Å². The zero-order chi connectivity index (χ0) is 13.7. The fraction of sp³-hybridized carbons (Fsp3) is 0.647. The SMILES string of the molecule is CCCC1CCN(C(C)(CN)Cc2ccccc2)C1. The van der Waals surface area contributed by atoms with Gasteiger partial charge in [0.15, 0.2) is 0 Å². The highest BCUT2D eigenvalue weighted by molar-refractivity contribution is 5.18. The van der Waals surface area contributed by atoms with Crippen LogP contribution < -0.4 is 5.73 Å². The smallest absolute Gasteiger partial charge is 0.0343 e. The molecule has 0 bridgehead atoms. The minimum absolute atomic E-state index is 0.115. The monoisotopic (exact) mass is 260 g/mol. The van der Waals surface area contributed by atoms with E-state index in [1.807, 2.05) is 0 Å². The maximum absolute atomic E-state index is 6.11. The predicted molar refractivity (Wildman–Crippen MR) is 82.2 cm³/mol. The lowest BCUT2D eigenvalue weighted by atomic mass is 9.91. The van der Waals surface area contributed by atoms with Crippen LogP contribution in [0.5, 0.6) is 0 Å². The summed E-state index contributed by atoms with van der Waals surface area (Å²) in [7, 11) is 0. The summed E-state index contributed by atoms with van der Waals surface area (Å²) >= 11 is 0. The fourth-order valence-electron chi connectivity index (χ4n) is 3.32. The standard InChI is InChI=1S/C17H28N2/c1-3-7-16-10-11-19(13-16)17(2,14-18)12-15-8-5-4-6-9-15/h4-6,8-9,16H,3,7,10-14,18H2,1-2H3. The molecular weight excluding hydrogens is 232 g/mol. The lowest BCUT2D eigenvalue weighted by molar-refractivity contribution is 0.136. The van der Waals surface area contributed by atoms with Gasteiger partial charge >= 0.3 is 0 Å². The second-order valence-corrected chi connectivity index (χ2v) is 6.25. The third-order valence-electron chi connectivity index (χ3n) is 4.61. The molecule has 0 aliphatic carbocycles. The van der Waals surface area contributed by atoms with Gasteiger partial charge in [-0.2, -0.15) is 0 Å². The van der Waals surface area contributed by atoms with Gasteiger partial charge in [-0.15, -0.1) is 0 Å². The molecule has 2 rings (SSSR count). The highest BCUT2D eigenvalue weighted by Crippen LogP contribution is 2.29. The van der Waals surface area contributed by atoms with Crippen molar-refractivity contribution >= 4 is 0 Å². The van der Waals surface area contributed by atoms with Gasteiger partial charge in [0.25, 0.3) is 0 Å². The van der Waals surface area contributed by atoms with Crippen LogP contribution in [0.3, 0.4) is 0 Å². The van der Waals surface area contributed by atoms with Gasteiger partial charge in [-0.1, -0.05) is 43.7 Å². The van der Waals surface area contributed by atoms with Crippen molar-refractivity contribution in [1.29, 1.82) is 0 Å². The van der Waals surface area contributed by atoms with E-state index in [9.17, 15) is 0 Å². The van der Waals surface area contributed by atoms with Gasteiger partial charge in [-0.05, 0) is 44.2 Å². The molecule has 0 saturated carbocycles. The van der Waals surface area contributed by atoms with Crippen molar-refractivity contribution in [1.82, 2.24) is 4.90 Å². The Morgan fingerprint density at radius 1 is 1.32 bits per heavy atom. The minimum atomic E-state index is 0.115. The molecule has 0 spiro atoms. The van der Waals surface area contributed by atoms with Crippen molar-refractivity contribution in [2.45, 2.75) is 45.1 Å². The number of benzene rings is 1. The van der Waals surface area contributed by atoms with Crippen molar-refractivity contribution in [2.75, 3.05) is 19.6 Å². The molecule has 1 heterocycles. The summed E-state index contributed by atoms with van der Waals surface area (Å²) in [5, 5.41) is 0. The second kappa shape index (κ2) is 6.53. The summed E-state index contributed by atoms with van der Waals surface area (Å²) in [5.74, 6) is 0.881. The number of nitrogens with two attached hydrogens (primary N) is 1. The topological polar surface area (TPSA) is 29.3 Å². The van der Waals surface area contributed by atoms with Crippen molar-refractivity contribution in [3.05, 3.63) is 35.9 Å². The van der Waals surface area contributed by atoms with Crippen molar-refractivity contribution in [3.63, 3.8) is 0 Å². The van der Waals surface area contributed by atoms with Gasteiger partial charge in [0, 0.05) is 18.6 Å². The van der Waals surface area contributed by atoms with Gasteiger partial charge < -0.3 is 5.73 Å². The average Bonchev–Trinajstić information content (AvgIpc) is 2.89. The van der Waals surface area contributed by atoms with Crippen LogP contribution in [0.15, 0.2) is 30.3 Å². The zero-order valence-electron chi connectivity index (χ0n) is 12.4. The number of hydrogen-bond donors (Lipinski definition) is 1. The molecule has 2 heteroatoms. The van der Waals surface area contributed by atoms with E-state index in [0.29, 0.717) is 0 Å². The van der Waals surface area contributed by atoms with E-state index in [1.54, 1.807) is 0 Å². The molecule has 1 aromatic carbocycles. The van der Waals surface area contributed by atoms with Crippen LogP contribution in [-0.4, -0.2) is 30.1 Å². The molecular formula is C17H28N2. The molecule has 1 fully saturated rings. The Morgan fingerprint density at radius 2 is 2.05 bits per heavy atom. The van der Waals surface area contributed by atoms with Gasteiger partial charge in [0.2, 0.25) is 0 Å². The lowest BCUT2D eigenvalue weighted by Gasteiger charge is -2.38. The van der Waals surface area contributed by atoms with Gasteiger partial charge in [0.05, 0.1) is 0 Å². The van der Waals surface area contributed by atoms with Crippen LogP contribution in [-0.2, 0) is 6.42 Å². The van der Waals surface area contributed by atoms with E-state index in [0.717, 1.165) is 18.9 Å². The fourth-order valence-corrected chi connectivity index (χ4v) is 3.32. The largest absolute Gasteiger partial charge is 0.329 e. The molecule has 19 heavy (non-hydrogen) atoms. The Balaban J connectivity index is 2.02. The molecule has 1 aliphatic heterocycles. The van der Waals surface area contributed by atoms with E-state index in [2.05, 4.69) is 49.1 Å². The third-order valence-corrected chi connectivity index (χ3v) is 4.61. The average molecular weight is 260 g/mol. The van der Waals surface area contributed by atoms with E-state index < -0.39 is 0 Å². The van der Waals surface area contributed by atoms with Crippen LogP contribution in [0, 0.1) is 5.92 Å². The van der Waals surface area contributed by atoms with Gasteiger partial charge in [0.1, 0.15) is 0 Å². The number of hydrogen-bond acceptors (Lipinski definition) is 2. The van der Waals surface area contributed by atoms with Crippen molar-refractivity contribution in [2.24, 2.45) is 11.7 Å². The second-order valence-electron chi connectivity index (χ2n) is 6.25. The Hall–Kier alpha value is -0.860. The molecule has 0 amide bonds. The Kier molecular flexibility index (Phi) is 5.00. The molecule has 1 saturated heterocycles. The highest BCUT2D eigenvalue weighted by Gasteiger charge is 2.35. The normalized spacial score (nSPS) is 23.4. The molecule has 0 radical (unpaired) electrons. The summed E-state index contributed by atoms with van der Waals surface area (Å²) in [4.78, 5) is 2.63. The van der Waals surface area contributed by atoms with Crippen LogP contribution in [0.4, 0.5) is 0 Å². The van der Waals surface area contributed by atoms with E-state index in [4.69, 9.17) is 5.73 Å². The third kappa shape index (κ3) is 3.58. The lowest BCUT2D eigenvalue weighted by Crippen LogP contribution is -2.52. The maximum Gasteiger partial charge on any atom is 0.0343 e. The summed E-state index contributed by atoms with van der Waals surface area (Å²) < 4.78 is 0. The number of likely N-dealkylation sites (tertiary alicyclic amines) is 1. The Morgan fingerprint density at radius 3 is 2.68 bits per heavy atom. The predicted octanol–water partition coefficient (Wildman–Crippen LogP) is 3.07. The van der Waals surface area contributed by atoms with Crippen molar-refractivity contribution < 1.29 is 0 Å². The minimum Gasteiger partial charge on any atom is -0.329 e. The number of nitrogens with zero attached hydrogens (tertiary/aromatic N) is 1. The maximum atomic E-state index is 6.11. The summed E-state index contributed by atoms with van der Waals surface area (Å²) in [6.07, 6.45) is 5.07. The Labute approximate surface area is 118 Å². The Bertz CT molecular complexity index is 376. The first-order chi connectivity index (χ1) is 9.18. The van der Waals surface area contributed by atoms with Crippen LogP contribution in [0.1, 0.15) is 38.7 Å². The van der Waals surface area contributed by atoms with Gasteiger partial charge in [-0.3, -0.25) is 4.90 Å². The van der Waals surface area contributed by atoms with Crippen LogP contribution in [0.25, 0.3) is 0 Å². The summed E-state index contributed by atoms with van der Waals surface area (Å²) in [5.41, 5.74) is 7.62. The summed E-state index contributed by atoms with van der Waals surface area (Å²) in [6, 6.07) is 10.8. The molecule has 0 aromatic heterocycles. The first-order valence-corrected chi connectivity index (χ1v) is 7.67. The zero-order valence-corrected chi connectivity index (χ0v) is 12.4. The quantitative estimate of drug-likeness (QED) is 0.851. The van der Waals surface area contributed by atoms with Gasteiger partial charge in [-0.25, -0.2) is 0 Å². The molecule has 1 aliphatic rings. The van der Waals surface area contributed by atoms with Crippen LogP contribution >= 0.6 is 0 Å². The first kappa shape index (κ1) is 14.5. The van der Waals surface area contributed by atoms with E-state index in [-0.39, 0.29) is 5.54 Å². The number of rotatable bonds is 6. The molecule has 2 N–H and O–H groups in total. The van der Waals surface area contributed by atoms with E-state index >= 15 is 0 Å².